The van der Waals surface area contributed by atoms with Crippen molar-refractivity contribution < 1.29 is 19.5 Å². The molecule has 0 fully saturated rings. The average Bonchev–Trinajstić information content (AvgIpc) is 3.15. The van der Waals surface area contributed by atoms with Crippen LogP contribution in [0.25, 0.3) is 0 Å². The number of carbonyl (C=O) groups excluding carboxylic acids is 2. The highest BCUT2D eigenvalue weighted by Gasteiger charge is 2.20. The molecule has 34 heavy (non-hydrogen) atoms. The summed E-state index contributed by atoms with van der Waals surface area (Å²) in [7, 11) is 1.71. The summed E-state index contributed by atoms with van der Waals surface area (Å²) in [5.41, 5.74) is 0.548. The molecule has 3 aromatic rings. The molecule has 0 aliphatic rings. The highest BCUT2D eigenvalue weighted by molar-refractivity contribution is 7.99. The first-order valence-corrected chi connectivity index (χ1v) is 11.8. The lowest BCUT2D eigenvalue weighted by atomic mass is 10.2. The van der Waals surface area contributed by atoms with E-state index in [-0.39, 0.29) is 33.0 Å². The second kappa shape index (κ2) is 11.1. The molecule has 0 bridgehead atoms. The molecule has 13 heteroatoms. The molecule has 178 valence electrons. The number of carbonyl (C=O) groups is 3. The van der Waals surface area contributed by atoms with Crippen molar-refractivity contribution in [1.82, 2.24) is 20.1 Å². The Labute approximate surface area is 213 Å². The minimum absolute atomic E-state index is 0.00204. The van der Waals surface area contributed by atoms with Gasteiger partial charge in [0.2, 0.25) is 5.91 Å². The average molecular weight is 543 g/mol. The third-order valence-corrected chi connectivity index (χ3v) is 6.69. The van der Waals surface area contributed by atoms with E-state index in [9.17, 15) is 14.4 Å². The molecule has 9 nitrogen and oxygen atoms in total. The van der Waals surface area contributed by atoms with Crippen LogP contribution < -0.4 is 10.6 Å². The van der Waals surface area contributed by atoms with Gasteiger partial charge in [-0.15, -0.1) is 10.2 Å². The number of hydrogen-bond acceptors (Lipinski definition) is 6. The first-order chi connectivity index (χ1) is 16.1. The summed E-state index contributed by atoms with van der Waals surface area (Å²) in [5.74, 6) is -1.44. The van der Waals surface area contributed by atoms with Crippen LogP contribution in [0.15, 0.2) is 41.6 Å². The van der Waals surface area contributed by atoms with Crippen molar-refractivity contribution in [1.29, 1.82) is 0 Å². The minimum Gasteiger partial charge on any atom is -0.478 e. The van der Waals surface area contributed by atoms with Gasteiger partial charge < -0.3 is 20.3 Å². The van der Waals surface area contributed by atoms with Gasteiger partial charge in [-0.1, -0.05) is 46.6 Å². The molecule has 2 aromatic carbocycles. The fraction of sp³-hybridized carbons (Fsp3) is 0.190. The number of anilines is 1. The van der Waals surface area contributed by atoms with Gasteiger partial charge in [-0.05, 0) is 43.3 Å². The summed E-state index contributed by atoms with van der Waals surface area (Å²) < 4.78 is 1.66. The van der Waals surface area contributed by atoms with E-state index in [1.165, 1.54) is 30.3 Å². The maximum Gasteiger partial charge on any atom is 0.335 e. The third-order valence-electron chi connectivity index (χ3n) is 4.61. The summed E-state index contributed by atoms with van der Waals surface area (Å²) in [5, 5.41) is 24.0. The molecule has 2 amide bonds. The number of benzene rings is 2. The largest absolute Gasteiger partial charge is 0.478 e. The zero-order valence-corrected chi connectivity index (χ0v) is 20.9. The van der Waals surface area contributed by atoms with Crippen LogP contribution in [-0.4, -0.2) is 43.4 Å². The highest BCUT2D eigenvalue weighted by Crippen LogP contribution is 2.25. The van der Waals surface area contributed by atoms with E-state index in [0.717, 1.165) is 11.8 Å². The quantitative estimate of drug-likeness (QED) is 0.352. The minimum atomic E-state index is -1.13. The summed E-state index contributed by atoms with van der Waals surface area (Å²) in [6, 6.07) is 8.11. The van der Waals surface area contributed by atoms with Crippen molar-refractivity contribution in [3.63, 3.8) is 0 Å². The van der Waals surface area contributed by atoms with Crippen LogP contribution in [0.4, 0.5) is 5.69 Å². The molecular formula is C21H18Cl3N5O4S. The van der Waals surface area contributed by atoms with Crippen molar-refractivity contribution in [2.45, 2.75) is 18.1 Å². The lowest BCUT2D eigenvalue weighted by molar-refractivity contribution is -0.113. The summed E-state index contributed by atoms with van der Waals surface area (Å²) in [6.07, 6.45) is 0. The summed E-state index contributed by atoms with van der Waals surface area (Å²) in [6.45, 7) is 1.75. The van der Waals surface area contributed by atoms with E-state index < -0.39 is 17.9 Å². The lowest BCUT2D eigenvalue weighted by Gasteiger charge is -2.14. The van der Waals surface area contributed by atoms with E-state index in [2.05, 4.69) is 20.8 Å². The van der Waals surface area contributed by atoms with Crippen LogP contribution in [-0.2, 0) is 11.8 Å². The van der Waals surface area contributed by atoms with Gasteiger partial charge in [-0.2, -0.15) is 0 Å². The number of halogens is 3. The standard InChI is InChI=1S/C21H18Cl3N5O4S/c1-10(25-19(31)11-3-5-13(22)15(24)7-11)18-27-28-21(29(18)2)34-9-17(30)26-16-8-12(20(32)33)4-6-14(16)23/h3-8,10H,9H2,1-2H3,(H,25,31)(H,26,30)(H,32,33). The van der Waals surface area contributed by atoms with E-state index >= 15 is 0 Å². The first kappa shape index (κ1) is 25.8. The molecule has 0 saturated heterocycles. The molecule has 0 saturated carbocycles. The number of thioether (sulfide) groups is 1. The molecule has 3 N–H and O–H groups in total. The number of aromatic nitrogens is 3. The summed E-state index contributed by atoms with van der Waals surface area (Å²) in [4.78, 5) is 36.0. The number of hydrogen-bond donors (Lipinski definition) is 3. The van der Waals surface area contributed by atoms with E-state index in [1.54, 1.807) is 24.6 Å². The van der Waals surface area contributed by atoms with Crippen LogP contribution in [0, 0.1) is 0 Å². The third kappa shape index (κ3) is 6.20. The smallest absolute Gasteiger partial charge is 0.335 e. The van der Waals surface area contributed by atoms with Gasteiger partial charge in [0.05, 0.1) is 38.1 Å². The number of nitrogens with zero attached hydrogens (tertiary/aromatic N) is 3. The van der Waals surface area contributed by atoms with Gasteiger partial charge in [-0.3, -0.25) is 9.59 Å². The Morgan fingerprint density at radius 1 is 1.03 bits per heavy atom. The van der Waals surface area contributed by atoms with Crippen LogP contribution in [0.3, 0.4) is 0 Å². The Morgan fingerprint density at radius 3 is 2.38 bits per heavy atom. The van der Waals surface area contributed by atoms with Crippen molar-refractivity contribution in [2.75, 3.05) is 11.1 Å². The molecule has 1 heterocycles. The topological polar surface area (TPSA) is 126 Å². The highest BCUT2D eigenvalue weighted by atomic mass is 35.5. The van der Waals surface area contributed by atoms with Gasteiger partial charge >= 0.3 is 5.97 Å². The van der Waals surface area contributed by atoms with E-state index in [4.69, 9.17) is 39.9 Å². The Kier molecular flexibility index (Phi) is 8.42. The number of nitrogens with one attached hydrogen (secondary N) is 2. The van der Waals surface area contributed by atoms with Gasteiger partial charge in [-0.25, -0.2) is 4.79 Å². The van der Waals surface area contributed by atoms with Crippen molar-refractivity contribution in [3.05, 3.63) is 68.4 Å². The maximum absolute atomic E-state index is 12.5. The molecule has 1 atom stereocenters. The predicted octanol–water partition coefficient (Wildman–Crippen LogP) is 4.70. The zero-order chi connectivity index (χ0) is 25.0. The molecule has 3 rings (SSSR count). The molecule has 1 aromatic heterocycles. The Balaban J connectivity index is 1.61. The SMILES string of the molecule is CC(NC(=O)c1ccc(Cl)c(Cl)c1)c1nnc(SCC(=O)Nc2cc(C(=O)O)ccc2Cl)n1C. The van der Waals surface area contributed by atoms with Crippen LogP contribution in [0.1, 0.15) is 39.5 Å². The number of amides is 2. The fourth-order valence-electron chi connectivity index (χ4n) is 2.88. The zero-order valence-electron chi connectivity index (χ0n) is 17.8. The van der Waals surface area contributed by atoms with Crippen molar-refractivity contribution in [2.24, 2.45) is 7.05 Å². The van der Waals surface area contributed by atoms with Gasteiger partial charge in [0.25, 0.3) is 5.91 Å². The van der Waals surface area contributed by atoms with E-state index in [0.29, 0.717) is 21.6 Å². The first-order valence-electron chi connectivity index (χ1n) is 9.67. The summed E-state index contributed by atoms with van der Waals surface area (Å²) >= 11 is 19.0. The molecule has 0 spiro atoms. The Morgan fingerprint density at radius 2 is 1.71 bits per heavy atom. The lowest BCUT2D eigenvalue weighted by Crippen LogP contribution is -2.28. The Hall–Kier alpha value is -2.79. The second-order valence-electron chi connectivity index (χ2n) is 7.06. The van der Waals surface area contributed by atoms with Crippen LogP contribution in [0.2, 0.25) is 15.1 Å². The van der Waals surface area contributed by atoms with Gasteiger partial charge in [0.1, 0.15) is 0 Å². The van der Waals surface area contributed by atoms with Crippen LogP contribution in [0.5, 0.6) is 0 Å². The van der Waals surface area contributed by atoms with Crippen molar-refractivity contribution in [3.8, 4) is 0 Å². The molecule has 0 aliphatic heterocycles. The van der Waals surface area contributed by atoms with Crippen LogP contribution >= 0.6 is 46.6 Å². The Bertz CT molecular complexity index is 1270. The van der Waals surface area contributed by atoms with E-state index in [1.807, 2.05) is 0 Å². The van der Waals surface area contributed by atoms with Crippen molar-refractivity contribution >= 4 is 70.0 Å². The monoisotopic (exact) mass is 541 g/mol. The van der Waals surface area contributed by atoms with Gasteiger partial charge in [0, 0.05) is 12.6 Å². The normalized spacial score (nSPS) is 11.7. The molecule has 0 aliphatic carbocycles. The maximum atomic E-state index is 12.5. The number of carboxylic acids is 1. The number of carboxylic acid groups (broad SMARTS) is 1. The second-order valence-corrected chi connectivity index (χ2v) is 9.22. The predicted molar refractivity (Wildman–Crippen MR) is 131 cm³/mol. The number of aromatic carboxylic acids is 1. The molecule has 0 radical (unpaired) electrons. The number of rotatable bonds is 8. The van der Waals surface area contributed by atoms with Gasteiger partial charge in [0.15, 0.2) is 11.0 Å². The molecule has 1 unspecified atom stereocenters. The fourth-order valence-corrected chi connectivity index (χ4v) is 4.06. The molecular weight excluding hydrogens is 525 g/mol.